The Hall–Kier alpha value is -3.54. The quantitative estimate of drug-likeness (QED) is 0.400. The first-order valence-corrected chi connectivity index (χ1v) is 9.76. The van der Waals surface area contributed by atoms with Gasteiger partial charge in [0, 0.05) is 26.7 Å². The number of hydrogen-bond donors (Lipinski definition) is 3. The van der Waals surface area contributed by atoms with Crippen molar-refractivity contribution in [2.75, 3.05) is 6.79 Å². The molecule has 1 aliphatic carbocycles. The number of ether oxygens (including phenoxy) is 5. The molecule has 12 heteroatoms. The highest BCUT2D eigenvalue weighted by atomic mass is 16.7. The number of esters is 3. The number of phenolic OH excluding ortho intramolecular Hbond substituents is 1. The van der Waals surface area contributed by atoms with Crippen LogP contribution in [0.3, 0.4) is 0 Å². The van der Waals surface area contributed by atoms with Crippen molar-refractivity contribution in [2.24, 2.45) is 0 Å². The second-order valence-corrected chi connectivity index (χ2v) is 7.66. The number of rotatable bonds is 3. The topological polar surface area (TPSA) is 167 Å². The minimum Gasteiger partial charge on any atom is -0.504 e. The van der Waals surface area contributed by atoms with Crippen molar-refractivity contribution in [1.29, 1.82) is 0 Å². The number of fused-ring (bicyclic) bond motifs is 4. The van der Waals surface area contributed by atoms with Crippen molar-refractivity contribution >= 4 is 23.8 Å². The number of hydrogen-bond acceptors (Lipinski definition) is 11. The number of aliphatic hydroxyl groups is 1. The molecule has 12 nitrogen and oxygen atoms in total. The molecule has 32 heavy (non-hydrogen) atoms. The van der Waals surface area contributed by atoms with E-state index in [-0.39, 0.29) is 29.4 Å². The minimum atomic E-state index is -1.62. The third-order valence-electron chi connectivity index (χ3n) is 5.55. The first-order valence-electron chi connectivity index (χ1n) is 9.76. The summed E-state index contributed by atoms with van der Waals surface area (Å²) < 4.78 is 26.4. The highest BCUT2D eigenvalue weighted by molar-refractivity contribution is 6.01. The molecular formula is C20H21NO11. The van der Waals surface area contributed by atoms with Gasteiger partial charge in [-0.05, 0) is 11.6 Å². The number of amides is 1. The van der Waals surface area contributed by atoms with E-state index < -0.39 is 65.9 Å². The van der Waals surface area contributed by atoms with E-state index in [1.54, 1.807) is 0 Å². The molecule has 0 radical (unpaired) electrons. The maximum absolute atomic E-state index is 12.9. The van der Waals surface area contributed by atoms with Gasteiger partial charge in [0.15, 0.2) is 23.7 Å². The Morgan fingerprint density at radius 2 is 1.59 bits per heavy atom. The van der Waals surface area contributed by atoms with Gasteiger partial charge >= 0.3 is 17.9 Å². The first-order chi connectivity index (χ1) is 15.1. The lowest BCUT2D eigenvalue weighted by Gasteiger charge is -2.49. The van der Waals surface area contributed by atoms with Crippen LogP contribution in [0, 0.1) is 0 Å². The normalized spacial score (nSPS) is 29.8. The second kappa shape index (κ2) is 7.86. The molecule has 1 aromatic rings. The van der Waals surface area contributed by atoms with Crippen LogP contribution in [0.1, 0.15) is 42.6 Å². The number of aromatic hydroxyl groups is 1. The predicted octanol–water partition coefficient (Wildman–Crippen LogP) is -0.514. The summed E-state index contributed by atoms with van der Waals surface area (Å²) in [5.41, 5.74) is 0.0246. The Kier molecular flexibility index (Phi) is 5.33. The molecule has 4 rings (SSSR count). The summed E-state index contributed by atoms with van der Waals surface area (Å²) in [4.78, 5) is 48.3. The lowest BCUT2D eigenvalue weighted by atomic mass is 9.69. The Morgan fingerprint density at radius 3 is 2.22 bits per heavy atom. The Balaban J connectivity index is 1.90. The third kappa shape index (κ3) is 3.45. The van der Waals surface area contributed by atoms with Gasteiger partial charge in [-0.1, -0.05) is 0 Å². The predicted molar refractivity (Wildman–Crippen MR) is 101 cm³/mol. The van der Waals surface area contributed by atoms with E-state index in [9.17, 15) is 29.4 Å². The monoisotopic (exact) mass is 451 g/mol. The van der Waals surface area contributed by atoms with Crippen LogP contribution >= 0.6 is 0 Å². The number of nitrogens with one attached hydrogen (secondary N) is 1. The maximum atomic E-state index is 12.9. The number of benzene rings is 1. The van der Waals surface area contributed by atoms with Gasteiger partial charge in [0.2, 0.25) is 12.5 Å². The van der Waals surface area contributed by atoms with Gasteiger partial charge in [-0.15, -0.1) is 0 Å². The van der Waals surface area contributed by atoms with Gasteiger partial charge in [0.1, 0.15) is 12.2 Å². The number of carbonyl (C=O) groups excluding carboxylic acids is 4. The van der Waals surface area contributed by atoms with Crippen LogP contribution in [0.15, 0.2) is 6.07 Å². The summed E-state index contributed by atoms with van der Waals surface area (Å²) in [6.07, 6.45) is -5.70. The molecule has 0 saturated heterocycles. The van der Waals surface area contributed by atoms with E-state index in [0.29, 0.717) is 0 Å². The molecule has 0 aromatic heterocycles. The van der Waals surface area contributed by atoms with E-state index in [1.807, 2.05) is 0 Å². The van der Waals surface area contributed by atoms with Crippen molar-refractivity contribution in [3.05, 3.63) is 17.2 Å². The summed E-state index contributed by atoms with van der Waals surface area (Å²) in [5.74, 6) is -4.35. The van der Waals surface area contributed by atoms with Gasteiger partial charge in [0.05, 0.1) is 11.6 Å². The molecule has 6 atom stereocenters. The molecule has 172 valence electrons. The van der Waals surface area contributed by atoms with Crippen LogP contribution < -0.4 is 14.8 Å². The molecule has 1 saturated carbocycles. The van der Waals surface area contributed by atoms with Crippen molar-refractivity contribution in [3.8, 4) is 17.2 Å². The molecule has 1 aromatic carbocycles. The lowest BCUT2D eigenvalue weighted by Crippen LogP contribution is -2.68. The average molecular weight is 451 g/mol. The van der Waals surface area contributed by atoms with Gasteiger partial charge in [-0.2, -0.15) is 0 Å². The van der Waals surface area contributed by atoms with Crippen molar-refractivity contribution < 1.29 is 53.1 Å². The fourth-order valence-corrected chi connectivity index (χ4v) is 4.51. The highest BCUT2D eigenvalue weighted by Crippen LogP contribution is 2.51. The SMILES string of the molecule is CC(=O)O[C@@H]1[C@@H](O)[C@H](OC(C)=O)[C@@H]2c3cc4c(c(O)c3C(=O)N[C@H]2[C@@H]1OC(C)=O)OCO4. The largest absolute Gasteiger partial charge is 0.504 e. The molecule has 0 bridgehead atoms. The van der Waals surface area contributed by atoms with E-state index in [1.165, 1.54) is 6.07 Å². The van der Waals surface area contributed by atoms with Gasteiger partial charge in [-0.3, -0.25) is 19.2 Å². The Morgan fingerprint density at radius 1 is 1.00 bits per heavy atom. The molecule has 2 heterocycles. The molecule has 2 aliphatic heterocycles. The summed E-state index contributed by atoms with van der Waals surface area (Å²) in [6.45, 7) is 3.16. The van der Waals surface area contributed by atoms with Crippen LogP contribution in [0.25, 0.3) is 0 Å². The number of carbonyl (C=O) groups is 4. The fraction of sp³-hybridized carbons (Fsp3) is 0.500. The van der Waals surface area contributed by atoms with Crippen LogP contribution in [0.4, 0.5) is 0 Å². The molecule has 0 spiro atoms. The number of phenols is 1. The van der Waals surface area contributed by atoms with Crippen LogP contribution in [-0.2, 0) is 28.6 Å². The summed E-state index contributed by atoms with van der Waals surface area (Å²) in [7, 11) is 0. The zero-order valence-corrected chi connectivity index (χ0v) is 17.3. The standard InChI is InChI=1S/C20H21NO11/c1-6(22)30-17-11-9-4-10-16(29-5-28-10)14(25)12(9)20(27)21-13(11)18(31-7(2)23)19(15(17)26)32-8(3)24/h4,11,13,15,17-19,25-26H,5H2,1-3H3,(H,21,27)/t11-,13-,15+,17-,18+,19-/m1/s1. The molecule has 1 fully saturated rings. The fourth-order valence-electron chi connectivity index (χ4n) is 4.51. The van der Waals surface area contributed by atoms with Gasteiger partial charge in [-0.25, -0.2) is 0 Å². The Labute approximate surface area is 181 Å². The zero-order chi connectivity index (χ0) is 23.3. The first kappa shape index (κ1) is 21.7. The summed E-state index contributed by atoms with van der Waals surface area (Å²) in [5, 5.41) is 24.3. The van der Waals surface area contributed by atoms with Crippen LogP contribution in [0.5, 0.6) is 17.2 Å². The van der Waals surface area contributed by atoms with Crippen LogP contribution in [0.2, 0.25) is 0 Å². The third-order valence-corrected chi connectivity index (χ3v) is 5.55. The second-order valence-electron chi connectivity index (χ2n) is 7.66. The van der Waals surface area contributed by atoms with Gasteiger partial charge in [0.25, 0.3) is 5.91 Å². The molecular weight excluding hydrogens is 430 g/mol. The smallest absolute Gasteiger partial charge is 0.303 e. The van der Waals surface area contributed by atoms with E-state index in [4.69, 9.17) is 23.7 Å². The van der Waals surface area contributed by atoms with Crippen LogP contribution in [-0.4, -0.2) is 71.3 Å². The average Bonchev–Trinajstić information content (AvgIpc) is 3.16. The number of aliphatic hydroxyl groups excluding tert-OH is 1. The van der Waals surface area contributed by atoms with E-state index in [2.05, 4.69) is 5.32 Å². The molecule has 3 N–H and O–H groups in total. The van der Waals surface area contributed by atoms with Gasteiger partial charge < -0.3 is 39.2 Å². The summed E-state index contributed by atoms with van der Waals surface area (Å²) >= 11 is 0. The van der Waals surface area contributed by atoms with E-state index >= 15 is 0 Å². The zero-order valence-electron chi connectivity index (χ0n) is 17.3. The van der Waals surface area contributed by atoms with E-state index in [0.717, 1.165) is 20.8 Å². The Bertz CT molecular complexity index is 1010. The summed E-state index contributed by atoms with van der Waals surface area (Å²) in [6, 6.07) is 0.365. The molecule has 0 unspecified atom stereocenters. The maximum Gasteiger partial charge on any atom is 0.303 e. The van der Waals surface area contributed by atoms with Crippen molar-refractivity contribution in [1.82, 2.24) is 5.32 Å². The van der Waals surface area contributed by atoms with Crippen molar-refractivity contribution in [3.63, 3.8) is 0 Å². The highest BCUT2D eigenvalue weighted by Gasteiger charge is 2.59. The molecule has 1 amide bonds. The molecule has 3 aliphatic rings. The van der Waals surface area contributed by atoms with Crippen molar-refractivity contribution in [2.45, 2.75) is 57.1 Å². The lowest BCUT2D eigenvalue weighted by molar-refractivity contribution is -0.208. The minimum absolute atomic E-state index is 0.0212.